The second kappa shape index (κ2) is 6.99. The monoisotopic (exact) mass is 366 g/mol. The van der Waals surface area contributed by atoms with Crippen LogP contribution in [0.1, 0.15) is 0 Å². The second-order valence-electron chi connectivity index (χ2n) is 6.73. The fraction of sp³-hybridized carbons (Fsp3) is 0.444. The molecule has 9 nitrogen and oxygen atoms in total. The van der Waals surface area contributed by atoms with Crippen molar-refractivity contribution in [2.45, 2.75) is 0 Å². The van der Waals surface area contributed by atoms with Crippen molar-refractivity contribution in [2.75, 3.05) is 67.2 Å². The van der Waals surface area contributed by atoms with E-state index in [0.717, 1.165) is 81.1 Å². The summed E-state index contributed by atoms with van der Waals surface area (Å²) in [5, 5.41) is 1.07. The lowest BCUT2D eigenvalue weighted by atomic mass is 10.3. The Morgan fingerprint density at radius 3 is 2.52 bits per heavy atom. The molecule has 0 amide bonds. The minimum atomic E-state index is 0.755. The van der Waals surface area contributed by atoms with Gasteiger partial charge in [0.05, 0.1) is 18.6 Å². The van der Waals surface area contributed by atoms with Crippen molar-refractivity contribution in [2.24, 2.45) is 0 Å². The zero-order valence-electron chi connectivity index (χ0n) is 15.1. The zero-order chi connectivity index (χ0) is 18.1. The van der Waals surface area contributed by atoms with Crippen LogP contribution in [0.3, 0.4) is 0 Å². The molecular weight excluding hydrogens is 344 g/mol. The molecular formula is C18H22N8O. The van der Waals surface area contributed by atoms with Crippen LogP contribution in [0.25, 0.3) is 11.0 Å². The minimum absolute atomic E-state index is 0.755. The number of hydrogen-bond acceptors (Lipinski definition) is 8. The van der Waals surface area contributed by atoms with Crippen molar-refractivity contribution in [3.63, 3.8) is 0 Å². The maximum absolute atomic E-state index is 5.43. The van der Waals surface area contributed by atoms with Crippen LogP contribution in [-0.4, -0.2) is 77.4 Å². The summed E-state index contributed by atoms with van der Waals surface area (Å²) in [5.74, 6) is 2.77. The van der Waals surface area contributed by atoms with Crippen LogP contribution >= 0.6 is 0 Å². The van der Waals surface area contributed by atoms with Crippen molar-refractivity contribution in [1.82, 2.24) is 24.9 Å². The summed E-state index contributed by atoms with van der Waals surface area (Å²) in [6.07, 6.45) is 5.38. The van der Waals surface area contributed by atoms with Gasteiger partial charge in [-0.15, -0.1) is 0 Å². The van der Waals surface area contributed by atoms with Crippen molar-refractivity contribution < 1.29 is 4.74 Å². The fourth-order valence-electron chi connectivity index (χ4n) is 3.69. The Hall–Kier alpha value is -2.94. The molecule has 0 aromatic carbocycles. The van der Waals surface area contributed by atoms with E-state index in [0.29, 0.717) is 0 Å². The number of morpholine rings is 1. The van der Waals surface area contributed by atoms with E-state index in [9.17, 15) is 0 Å². The van der Waals surface area contributed by atoms with Crippen molar-refractivity contribution in [1.29, 1.82) is 0 Å². The number of fused-ring (bicyclic) bond motifs is 1. The molecule has 0 spiro atoms. The Morgan fingerprint density at radius 1 is 0.852 bits per heavy atom. The summed E-state index contributed by atoms with van der Waals surface area (Å²) < 4.78 is 5.43. The Labute approximate surface area is 157 Å². The highest BCUT2D eigenvalue weighted by Crippen LogP contribution is 2.24. The molecule has 0 unspecified atom stereocenters. The van der Waals surface area contributed by atoms with Gasteiger partial charge >= 0.3 is 0 Å². The predicted octanol–water partition coefficient (Wildman–Crippen LogP) is 0.911. The molecule has 9 heteroatoms. The van der Waals surface area contributed by atoms with E-state index in [4.69, 9.17) is 9.72 Å². The average Bonchev–Trinajstić information content (AvgIpc) is 3.24. The third kappa shape index (κ3) is 3.14. The molecule has 0 aliphatic carbocycles. The lowest BCUT2D eigenvalue weighted by molar-refractivity contribution is 0.122. The Bertz CT molecular complexity index is 914. The van der Waals surface area contributed by atoms with Gasteiger partial charge in [-0.3, -0.25) is 0 Å². The molecule has 0 atom stereocenters. The van der Waals surface area contributed by atoms with Gasteiger partial charge in [0.15, 0.2) is 0 Å². The first-order valence-electron chi connectivity index (χ1n) is 9.32. The van der Waals surface area contributed by atoms with Crippen LogP contribution in [0.5, 0.6) is 0 Å². The zero-order valence-corrected chi connectivity index (χ0v) is 15.1. The number of H-pyrrole nitrogens is 1. The highest BCUT2D eigenvalue weighted by molar-refractivity contribution is 5.87. The van der Waals surface area contributed by atoms with Crippen LogP contribution < -0.4 is 14.7 Å². The number of nitrogens with zero attached hydrogens (tertiary/aromatic N) is 7. The summed E-state index contributed by atoms with van der Waals surface area (Å²) >= 11 is 0. The van der Waals surface area contributed by atoms with E-state index in [2.05, 4.69) is 34.6 Å². The lowest BCUT2D eigenvalue weighted by Crippen LogP contribution is -2.47. The molecule has 0 radical (unpaired) electrons. The topological polar surface area (TPSA) is 86.3 Å². The predicted molar refractivity (Wildman–Crippen MR) is 103 cm³/mol. The number of nitrogens with one attached hydrogen (secondary N) is 1. The molecule has 27 heavy (non-hydrogen) atoms. The molecule has 2 fully saturated rings. The molecule has 0 saturated carbocycles. The first kappa shape index (κ1) is 16.2. The molecule has 2 aliphatic rings. The van der Waals surface area contributed by atoms with Crippen LogP contribution in [0, 0.1) is 0 Å². The van der Waals surface area contributed by atoms with Crippen molar-refractivity contribution in [3.8, 4) is 0 Å². The molecule has 5 rings (SSSR count). The van der Waals surface area contributed by atoms with E-state index in [1.807, 2.05) is 24.5 Å². The average molecular weight is 366 g/mol. The molecule has 140 valence electrons. The first-order valence-corrected chi connectivity index (χ1v) is 9.32. The number of hydrogen-bond donors (Lipinski definition) is 1. The summed E-state index contributed by atoms with van der Waals surface area (Å²) in [6.45, 7) is 6.75. The Kier molecular flexibility index (Phi) is 4.21. The van der Waals surface area contributed by atoms with E-state index < -0.39 is 0 Å². The fourth-order valence-corrected chi connectivity index (χ4v) is 3.69. The highest BCUT2D eigenvalue weighted by Gasteiger charge is 2.22. The third-order valence-electron chi connectivity index (χ3n) is 5.16. The minimum Gasteiger partial charge on any atom is -0.378 e. The number of aromatic amines is 1. The number of rotatable bonds is 3. The Morgan fingerprint density at radius 2 is 1.67 bits per heavy atom. The smallest absolute Gasteiger partial charge is 0.227 e. The lowest BCUT2D eigenvalue weighted by Gasteiger charge is -2.36. The van der Waals surface area contributed by atoms with Gasteiger partial charge in [-0.1, -0.05) is 0 Å². The summed E-state index contributed by atoms with van der Waals surface area (Å²) in [6, 6.07) is 4.01. The molecule has 5 heterocycles. The SMILES string of the molecule is c1cc(N2CCOCC2)nc(N2CCN(c3ncnc4[nH]ccc34)CC2)n1. The molecule has 3 aromatic rings. The van der Waals surface area contributed by atoms with Crippen LogP contribution in [0.4, 0.5) is 17.6 Å². The normalized spacial score (nSPS) is 18.3. The molecule has 0 bridgehead atoms. The van der Waals surface area contributed by atoms with Gasteiger partial charge in [0, 0.05) is 51.7 Å². The van der Waals surface area contributed by atoms with Gasteiger partial charge in [-0.2, -0.15) is 4.98 Å². The maximum Gasteiger partial charge on any atom is 0.227 e. The second-order valence-corrected chi connectivity index (χ2v) is 6.73. The van der Waals surface area contributed by atoms with Gasteiger partial charge in [0.1, 0.15) is 23.6 Å². The number of anilines is 3. The van der Waals surface area contributed by atoms with Gasteiger partial charge in [0.25, 0.3) is 0 Å². The third-order valence-corrected chi connectivity index (χ3v) is 5.16. The van der Waals surface area contributed by atoms with E-state index >= 15 is 0 Å². The van der Waals surface area contributed by atoms with E-state index in [1.165, 1.54) is 0 Å². The first-order chi connectivity index (χ1) is 13.4. The summed E-state index contributed by atoms with van der Waals surface area (Å²) in [4.78, 5) is 28.0. The van der Waals surface area contributed by atoms with Crippen LogP contribution in [0.15, 0.2) is 30.9 Å². The van der Waals surface area contributed by atoms with Crippen LogP contribution in [-0.2, 0) is 4.74 Å². The van der Waals surface area contributed by atoms with Crippen molar-refractivity contribution in [3.05, 3.63) is 30.9 Å². The summed E-state index contributed by atoms with van der Waals surface area (Å²) in [7, 11) is 0. The molecule has 2 aliphatic heterocycles. The number of piperazine rings is 1. The van der Waals surface area contributed by atoms with Gasteiger partial charge in [-0.05, 0) is 12.1 Å². The maximum atomic E-state index is 5.43. The largest absolute Gasteiger partial charge is 0.378 e. The Balaban J connectivity index is 1.30. The molecule has 2 saturated heterocycles. The molecule has 1 N–H and O–H groups in total. The number of aromatic nitrogens is 5. The van der Waals surface area contributed by atoms with E-state index in [1.54, 1.807) is 6.33 Å². The quantitative estimate of drug-likeness (QED) is 0.732. The van der Waals surface area contributed by atoms with Crippen molar-refractivity contribution >= 4 is 28.6 Å². The van der Waals surface area contributed by atoms with Crippen LogP contribution in [0.2, 0.25) is 0 Å². The standard InChI is InChI=1S/C18H22N8O/c1-3-19-16-14(1)17(22-13-21-16)25-5-7-26(8-6-25)18-20-4-2-15(23-18)24-9-11-27-12-10-24/h1-4,13H,5-12H2,(H,19,21,22). The van der Waals surface area contributed by atoms with Gasteiger partial charge in [-0.25, -0.2) is 15.0 Å². The van der Waals surface area contributed by atoms with Gasteiger partial charge in [0.2, 0.25) is 5.95 Å². The summed E-state index contributed by atoms with van der Waals surface area (Å²) in [5.41, 5.74) is 0.879. The molecule has 3 aromatic heterocycles. The van der Waals surface area contributed by atoms with Gasteiger partial charge < -0.3 is 24.4 Å². The number of ether oxygens (including phenoxy) is 1. The highest BCUT2D eigenvalue weighted by atomic mass is 16.5. The van der Waals surface area contributed by atoms with E-state index in [-0.39, 0.29) is 0 Å².